The van der Waals surface area contributed by atoms with Crippen molar-refractivity contribution in [3.63, 3.8) is 0 Å². The lowest BCUT2D eigenvalue weighted by atomic mass is 10.1. The first kappa shape index (κ1) is 14.8. The molecule has 1 aliphatic heterocycles. The Bertz CT molecular complexity index is 399. The van der Waals surface area contributed by atoms with Gasteiger partial charge in [0.15, 0.2) is 0 Å². The van der Waals surface area contributed by atoms with E-state index >= 15 is 0 Å². The largest absolute Gasteiger partial charge is 0.447 e. The van der Waals surface area contributed by atoms with Crippen LogP contribution in [0.25, 0.3) is 0 Å². The second-order valence-corrected chi connectivity index (χ2v) is 5.31. The van der Waals surface area contributed by atoms with Gasteiger partial charge in [-0.25, -0.2) is 4.79 Å². The van der Waals surface area contributed by atoms with Crippen LogP contribution in [-0.4, -0.2) is 57.8 Å². The number of hydrogen-bond donors (Lipinski definition) is 1. The molecule has 1 aliphatic rings. The summed E-state index contributed by atoms with van der Waals surface area (Å²) in [7, 11) is 0. The van der Waals surface area contributed by atoms with E-state index in [1.807, 2.05) is 24.7 Å². The van der Waals surface area contributed by atoms with Gasteiger partial charge >= 0.3 is 6.09 Å². The summed E-state index contributed by atoms with van der Waals surface area (Å²) in [5, 5.41) is 11.2. The molecule has 20 heavy (non-hydrogen) atoms. The summed E-state index contributed by atoms with van der Waals surface area (Å²) in [5.41, 5.74) is 0. The Morgan fingerprint density at radius 2 is 2.20 bits per heavy atom. The van der Waals surface area contributed by atoms with E-state index < -0.39 is 0 Å². The van der Waals surface area contributed by atoms with Gasteiger partial charge < -0.3 is 15.0 Å². The smallest absolute Gasteiger partial charge is 0.410 e. The first-order chi connectivity index (χ1) is 9.65. The molecule has 0 radical (unpaired) electrons. The van der Waals surface area contributed by atoms with E-state index in [1.165, 1.54) is 0 Å². The van der Waals surface area contributed by atoms with Gasteiger partial charge in [0.2, 0.25) is 0 Å². The molecule has 1 amide bonds. The highest BCUT2D eigenvalue weighted by molar-refractivity contribution is 5.67. The van der Waals surface area contributed by atoms with E-state index in [0.717, 1.165) is 39.0 Å². The van der Waals surface area contributed by atoms with Crippen molar-refractivity contribution >= 4 is 6.09 Å². The molecule has 0 bridgehead atoms. The summed E-state index contributed by atoms with van der Waals surface area (Å²) in [6, 6.07) is 0.460. The van der Waals surface area contributed by atoms with Crippen LogP contribution in [0.15, 0.2) is 12.4 Å². The molecule has 0 saturated carbocycles. The van der Waals surface area contributed by atoms with Crippen molar-refractivity contribution < 1.29 is 9.53 Å². The van der Waals surface area contributed by atoms with E-state index in [9.17, 15) is 4.79 Å². The quantitative estimate of drug-likeness (QED) is 0.867. The number of nitrogens with one attached hydrogen (secondary N) is 1. The second kappa shape index (κ2) is 7.23. The van der Waals surface area contributed by atoms with Crippen LogP contribution in [0.4, 0.5) is 4.79 Å². The third-order valence-electron chi connectivity index (χ3n) is 3.34. The Morgan fingerprint density at radius 1 is 1.45 bits per heavy atom. The van der Waals surface area contributed by atoms with Crippen molar-refractivity contribution in [1.82, 2.24) is 25.2 Å². The van der Waals surface area contributed by atoms with Crippen molar-refractivity contribution in [2.45, 2.75) is 45.4 Å². The van der Waals surface area contributed by atoms with Crippen LogP contribution in [0, 0.1) is 0 Å². The molecule has 0 unspecified atom stereocenters. The maximum Gasteiger partial charge on any atom is 0.410 e. The summed E-state index contributed by atoms with van der Waals surface area (Å²) in [6.07, 6.45) is 5.21. The molecule has 7 heteroatoms. The molecule has 1 aromatic rings. The van der Waals surface area contributed by atoms with Gasteiger partial charge in [-0.3, -0.25) is 4.68 Å². The standard InChI is InChI=1S/C13H23N5O2/c1-11(2)20-13(19)17-7-3-12(4-8-17)14-5-9-18-10-6-15-16-18/h6,10-12,14H,3-5,7-9H2,1-2H3. The van der Waals surface area contributed by atoms with Crippen LogP contribution in [0.1, 0.15) is 26.7 Å². The van der Waals surface area contributed by atoms with E-state index in [0.29, 0.717) is 6.04 Å². The highest BCUT2D eigenvalue weighted by Gasteiger charge is 2.23. The highest BCUT2D eigenvalue weighted by atomic mass is 16.6. The van der Waals surface area contributed by atoms with E-state index in [-0.39, 0.29) is 12.2 Å². The van der Waals surface area contributed by atoms with Crippen molar-refractivity contribution in [3.05, 3.63) is 12.4 Å². The Labute approximate surface area is 119 Å². The maximum atomic E-state index is 11.7. The molecule has 1 aromatic heterocycles. The van der Waals surface area contributed by atoms with Gasteiger partial charge in [-0.2, -0.15) is 0 Å². The average Bonchev–Trinajstić information content (AvgIpc) is 2.92. The molecule has 0 aliphatic carbocycles. The zero-order valence-electron chi connectivity index (χ0n) is 12.2. The van der Waals surface area contributed by atoms with Gasteiger partial charge in [0, 0.05) is 31.9 Å². The topological polar surface area (TPSA) is 72.3 Å². The Morgan fingerprint density at radius 3 is 2.80 bits per heavy atom. The van der Waals surface area contributed by atoms with E-state index in [1.54, 1.807) is 11.1 Å². The molecular formula is C13H23N5O2. The summed E-state index contributed by atoms with van der Waals surface area (Å²) >= 11 is 0. The number of nitrogens with zero attached hydrogens (tertiary/aromatic N) is 4. The minimum atomic E-state index is -0.193. The number of aromatic nitrogens is 3. The average molecular weight is 281 g/mol. The predicted octanol–water partition coefficient (Wildman–Crippen LogP) is 0.877. The van der Waals surface area contributed by atoms with Crippen molar-refractivity contribution in [2.24, 2.45) is 0 Å². The molecule has 1 N–H and O–H groups in total. The second-order valence-electron chi connectivity index (χ2n) is 5.31. The molecule has 2 heterocycles. The number of carbonyl (C=O) groups excluding carboxylic acids is 1. The van der Waals surface area contributed by atoms with Crippen molar-refractivity contribution in [1.29, 1.82) is 0 Å². The number of carbonyl (C=O) groups is 1. The van der Waals surface area contributed by atoms with Gasteiger partial charge in [0.05, 0.1) is 18.8 Å². The van der Waals surface area contributed by atoms with Gasteiger partial charge in [0.1, 0.15) is 0 Å². The summed E-state index contributed by atoms with van der Waals surface area (Å²) in [6.45, 7) is 6.94. The van der Waals surface area contributed by atoms with Crippen LogP contribution in [0.5, 0.6) is 0 Å². The third-order valence-corrected chi connectivity index (χ3v) is 3.34. The van der Waals surface area contributed by atoms with E-state index in [2.05, 4.69) is 15.6 Å². The number of amides is 1. The van der Waals surface area contributed by atoms with Crippen molar-refractivity contribution in [3.8, 4) is 0 Å². The van der Waals surface area contributed by atoms with Crippen LogP contribution >= 0.6 is 0 Å². The highest BCUT2D eigenvalue weighted by Crippen LogP contribution is 2.12. The molecule has 1 saturated heterocycles. The number of hydrogen-bond acceptors (Lipinski definition) is 5. The summed E-state index contributed by atoms with van der Waals surface area (Å²) in [4.78, 5) is 13.5. The molecule has 2 rings (SSSR count). The summed E-state index contributed by atoms with van der Waals surface area (Å²) in [5.74, 6) is 0. The zero-order chi connectivity index (χ0) is 14.4. The van der Waals surface area contributed by atoms with Gasteiger partial charge in [-0.05, 0) is 26.7 Å². The lowest BCUT2D eigenvalue weighted by molar-refractivity contribution is 0.0678. The van der Waals surface area contributed by atoms with Crippen LogP contribution < -0.4 is 5.32 Å². The first-order valence-electron chi connectivity index (χ1n) is 7.18. The molecule has 0 atom stereocenters. The fourth-order valence-corrected chi connectivity index (χ4v) is 2.28. The van der Waals surface area contributed by atoms with E-state index in [4.69, 9.17) is 4.74 Å². The van der Waals surface area contributed by atoms with Crippen LogP contribution in [0.3, 0.4) is 0 Å². The number of ether oxygens (including phenoxy) is 1. The fraction of sp³-hybridized carbons (Fsp3) is 0.769. The minimum absolute atomic E-state index is 0.0546. The van der Waals surface area contributed by atoms with Gasteiger partial charge in [-0.1, -0.05) is 5.21 Å². The summed E-state index contributed by atoms with van der Waals surface area (Å²) < 4.78 is 7.01. The molecular weight excluding hydrogens is 258 g/mol. The van der Waals surface area contributed by atoms with Gasteiger partial charge in [0.25, 0.3) is 0 Å². The molecule has 0 aromatic carbocycles. The number of likely N-dealkylation sites (tertiary alicyclic amines) is 1. The predicted molar refractivity (Wildman–Crippen MR) is 74.2 cm³/mol. The maximum absolute atomic E-state index is 11.7. The van der Waals surface area contributed by atoms with Crippen LogP contribution in [0.2, 0.25) is 0 Å². The Kier molecular flexibility index (Phi) is 5.34. The zero-order valence-corrected chi connectivity index (χ0v) is 12.2. The molecule has 7 nitrogen and oxygen atoms in total. The van der Waals surface area contributed by atoms with Gasteiger partial charge in [-0.15, -0.1) is 5.10 Å². The molecule has 1 fully saturated rings. The first-order valence-corrected chi connectivity index (χ1v) is 7.18. The minimum Gasteiger partial charge on any atom is -0.447 e. The number of rotatable bonds is 5. The third kappa shape index (κ3) is 4.48. The lowest BCUT2D eigenvalue weighted by Crippen LogP contribution is -2.46. The Balaban J connectivity index is 1.63. The Hall–Kier alpha value is -1.63. The lowest BCUT2D eigenvalue weighted by Gasteiger charge is -2.32. The SMILES string of the molecule is CC(C)OC(=O)N1CCC(NCCn2ccnn2)CC1. The molecule has 0 spiro atoms. The monoisotopic (exact) mass is 281 g/mol. The van der Waals surface area contributed by atoms with Crippen LogP contribution in [-0.2, 0) is 11.3 Å². The number of piperidine rings is 1. The van der Waals surface area contributed by atoms with Crippen molar-refractivity contribution in [2.75, 3.05) is 19.6 Å². The fourth-order valence-electron chi connectivity index (χ4n) is 2.28. The molecule has 112 valence electrons. The normalized spacial score (nSPS) is 16.6.